The Balaban J connectivity index is 2.62. The summed E-state index contributed by atoms with van der Waals surface area (Å²) in [7, 11) is 0. The van der Waals surface area contributed by atoms with Gasteiger partial charge in [0.1, 0.15) is 5.82 Å². The van der Waals surface area contributed by atoms with Crippen LogP contribution < -0.4 is 16.0 Å². The largest absolute Gasteiger partial charge is 0.369 e. The summed E-state index contributed by atoms with van der Waals surface area (Å²) in [5, 5.41) is 8.41. The fraction of sp³-hybridized carbons (Fsp3) is 0.417. The summed E-state index contributed by atoms with van der Waals surface area (Å²) >= 11 is 5.98. The molecule has 1 rings (SSSR count). The lowest BCUT2D eigenvalue weighted by Gasteiger charge is -2.08. The van der Waals surface area contributed by atoms with Crippen molar-refractivity contribution in [3.63, 3.8) is 0 Å². The highest BCUT2D eigenvalue weighted by atomic mass is 35.5. The average Bonchev–Trinajstić information content (AvgIpc) is 2.39. The zero-order valence-corrected chi connectivity index (χ0v) is 11.7. The second-order valence-corrected chi connectivity index (χ2v) is 4.13. The predicted octanol–water partition coefficient (Wildman–Crippen LogP) is 1.03. The number of nitrogens with zero attached hydrogens (tertiary/aromatic N) is 1. The summed E-state index contributed by atoms with van der Waals surface area (Å²) in [6.45, 7) is 4.88. The van der Waals surface area contributed by atoms with Crippen molar-refractivity contribution in [3.8, 4) is 0 Å². The molecule has 2 amide bonds. The van der Waals surface area contributed by atoms with E-state index < -0.39 is 0 Å². The minimum atomic E-state index is -0.385. The lowest BCUT2D eigenvalue weighted by Crippen LogP contribution is -2.36. The number of halogens is 1. The Labute approximate surface area is 116 Å². The fourth-order valence-electron chi connectivity index (χ4n) is 1.38. The number of hydrogen-bond acceptors (Lipinski definition) is 4. The highest BCUT2D eigenvalue weighted by Crippen LogP contribution is 2.19. The van der Waals surface area contributed by atoms with Gasteiger partial charge in [0.2, 0.25) is 5.91 Å². The fourth-order valence-corrected chi connectivity index (χ4v) is 1.62. The molecule has 0 fully saturated rings. The topological polar surface area (TPSA) is 83.1 Å². The summed E-state index contributed by atoms with van der Waals surface area (Å²) in [5.74, 6) is -0.0904. The van der Waals surface area contributed by atoms with Gasteiger partial charge in [-0.15, -0.1) is 0 Å². The van der Waals surface area contributed by atoms with Crippen LogP contribution in [0.1, 0.15) is 24.2 Å². The van der Waals surface area contributed by atoms with Crippen molar-refractivity contribution >= 4 is 29.2 Å². The third kappa shape index (κ3) is 4.75. The number of pyridine rings is 1. The van der Waals surface area contributed by atoms with Crippen LogP contribution >= 0.6 is 11.6 Å². The Morgan fingerprint density at radius 2 is 2.00 bits per heavy atom. The first-order chi connectivity index (χ1) is 9.08. The molecule has 6 nitrogen and oxygen atoms in total. The summed E-state index contributed by atoms with van der Waals surface area (Å²) in [5.41, 5.74) is 0.316. The van der Waals surface area contributed by atoms with Crippen molar-refractivity contribution < 1.29 is 9.59 Å². The molecule has 3 N–H and O–H groups in total. The predicted molar refractivity (Wildman–Crippen MR) is 74.4 cm³/mol. The second kappa shape index (κ2) is 7.58. The van der Waals surface area contributed by atoms with Crippen LogP contribution in [0.3, 0.4) is 0 Å². The quantitative estimate of drug-likeness (QED) is 0.729. The summed E-state index contributed by atoms with van der Waals surface area (Å²) in [6.07, 6.45) is 1.41. The molecule has 0 radical (unpaired) electrons. The van der Waals surface area contributed by atoms with Gasteiger partial charge in [-0.05, 0) is 19.9 Å². The van der Waals surface area contributed by atoms with Gasteiger partial charge >= 0.3 is 0 Å². The van der Waals surface area contributed by atoms with Crippen LogP contribution in [0.25, 0.3) is 0 Å². The molecular formula is C12H17ClN4O2. The molecule has 0 unspecified atom stereocenters. The zero-order chi connectivity index (χ0) is 14.3. The van der Waals surface area contributed by atoms with Gasteiger partial charge in [0, 0.05) is 19.3 Å². The molecule has 0 saturated carbocycles. The Morgan fingerprint density at radius 1 is 1.26 bits per heavy atom. The van der Waals surface area contributed by atoms with E-state index in [1.165, 1.54) is 12.3 Å². The van der Waals surface area contributed by atoms with E-state index in [9.17, 15) is 9.59 Å². The maximum Gasteiger partial charge on any atom is 0.253 e. The first kappa shape index (κ1) is 15.2. The minimum Gasteiger partial charge on any atom is -0.369 e. The van der Waals surface area contributed by atoms with Crippen LogP contribution in [0.5, 0.6) is 0 Å². The number of aromatic nitrogens is 1. The number of likely N-dealkylation sites (N-methyl/N-ethyl adjacent to an activating group) is 1. The molecule has 0 saturated heterocycles. The van der Waals surface area contributed by atoms with E-state index in [0.29, 0.717) is 29.5 Å². The van der Waals surface area contributed by atoms with Crippen molar-refractivity contribution in [2.75, 3.05) is 25.0 Å². The number of anilines is 1. The first-order valence-corrected chi connectivity index (χ1v) is 6.40. The zero-order valence-electron chi connectivity index (χ0n) is 10.9. The van der Waals surface area contributed by atoms with E-state index in [2.05, 4.69) is 20.9 Å². The number of carbonyl (C=O) groups is 2. The van der Waals surface area contributed by atoms with Crippen molar-refractivity contribution in [2.24, 2.45) is 0 Å². The van der Waals surface area contributed by atoms with E-state index >= 15 is 0 Å². The van der Waals surface area contributed by atoms with Crippen LogP contribution in [0.15, 0.2) is 12.3 Å². The number of carbonyl (C=O) groups excluding carboxylic acids is 2. The molecule has 1 aromatic rings. The molecule has 0 bridgehead atoms. The Morgan fingerprint density at radius 3 is 2.58 bits per heavy atom. The van der Waals surface area contributed by atoms with E-state index in [-0.39, 0.29) is 18.4 Å². The Hall–Kier alpha value is -1.82. The Kier molecular flexibility index (Phi) is 6.08. The molecule has 0 atom stereocenters. The summed E-state index contributed by atoms with van der Waals surface area (Å²) < 4.78 is 0. The molecule has 7 heteroatoms. The monoisotopic (exact) mass is 284 g/mol. The molecule has 104 valence electrons. The van der Waals surface area contributed by atoms with Crippen LogP contribution in [0, 0.1) is 0 Å². The van der Waals surface area contributed by atoms with Gasteiger partial charge < -0.3 is 16.0 Å². The van der Waals surface area contributed by atoms with Gasteiger partial charge in [-0.2, -0.15) is 0 Å². The SMILES string of the molecule is CCNC(=O)CNC(=O)c1cnc(NCC)c(Cl)c1. The van der Waals surface area contributed by atoms with Crippen LogP contribution in [-0.2, 0) is 4.79 Å². The van der Waals surface area contributed by atoms with Crippen molar-refractivity contribution in [1.29, 1.82) is 0 Å². The maximum absolute atomic E-state index is 11.8. The molecule has 0 spiro atoms. The third-order valence-electron chi connectivity index (χ3n) is 2.23. The molecular weight excluding hydrogens is 268 g/mol. The number of amides is 2. The molecule has 1 heterocycles. The molecule has 0 aliphatic rings. The van der Waals surface area contributed by atoms with E-state index in [0.717, 1.165) is 0 Å². The first-order valence-electron chi connectivity index (χ1n) is 6.02. The third-order valence-corrected chi connectivity index (χ3v) is 2.52. The van der Waals surface area contributed by atoms with Gasteiger partial charge in [0.25, 0.3) is 5.91 Å². The van der Waals surface area contributed by atoms with Gasteiger partial charge in [0.05, 0.1) is 17.1 Å². The van der Waals surface area contributed by atoms with Gasteiger partial charge in [-0.25, -0.2) is 4.98 Å². The van der Waals surface area contributed by atoms with Crippen molar-refractivity contribution in [1.82, 2.24) is 15.6 Å². The van der Waals surface area contributed by atoms with Crippen LogP contribution in [0.2, 0.25) is 5.02 Å². The smallest absolute Gasteiger partial charge is 0.253 e. The van der Waals surface area contributed by atoms with Gasteiger partial charge in [0.15, 0.2) is 0 Å². The number of hydrogen-bond donors (Lipinski definition) is 3. The minimum absolute atomic E-state index is 0.0702. The summed E-state index contributed by atoms with van der Waals surface area (Å²) in [6, 6.07) is 1.51. The van der Waals surface area contributed by atoms with Crippen molar-refractivity contribution in [3.05, 3.63) is 22.8 Å². The molecule has 0 aromatic carbocycles. The standard InChI is InChI=1S/C12H17ClN4O2/c1-3-14-10(18)7-17-12(19)8-5-9(13)11(15-4-2)16-6-8/h5-6H,3-4,7H2,1-2H3,(H,14,18)(H,15,16)(H,17,19). The number of nitrogens with one attached hydrogen (secondary N) is 3. The second-order valence-electron chi connectivity index (χ2n) is 3.72. The molecule has 0 aliphatic carbocycles. The maximum atomic E-state index is 11.8. The van der Waals surface area contributed by atoms with Crippen LogP contribution in [-0.4, -0.2) is 36.4 Å². The van der Waals surface area contributed by atoms with E-state index in [1.807, 2.05) is 13.8 Å². The summed E-state index contributed by atoms with van der Waals surface area (Å²) in [4.78, 5) is 27.0. The highest BCUT2D eigenvalue weighted by Gasteiger charge is 2.10. The molecule has 1 aromatic heterocycles. The lowest BCUT2D eigenvalue weighted by atomic mass is 10.2. The molecule has 19 heavy (non-hydrogen) atoms. The average molecular weight is 285 g/mol. The Bertz CT molecular complexity index is 465. The lowest BCUT2D eigenvalue weighted by molar-refractivity contribution is -0.120. The van der Waals surface area contributed by atoms with E-state index in [1.54, 1.807) is 0 Å². The molecule has 0 aliphatic heterocycles. The normalized spacial score (nSPS) is 9.84. The van der Waals surface area contributed by atoms with Gasteiger partial charge in [-0.1, -0.05) is 11.6 Å². The van der Waals surface area contributed by atoms with Crippen LogP contribution in [0.4, 0.5) is 5.82 Å². The van der Waals surface area contributed by atoms with E-state index in [4.69, 9.17) is 11.6 Å². The van der Waals surface area contributed by atoms with Gasteiger partial charge in [-0.3, -0.25) is 9.59 Å². The number of rotatable bonds is 6. The van der Waals surface area contributed by atoms with Crippen molar-refractivity contribution in [2.45, 2.75) is 13.8 Å². The highest BCUT2D eigenvalue weighted by molar-refractivity contribution is 6.33.